The normalized spacial score (nSPS) is 13.0. The second-order valence-electron chi connectivity index (χ2n) is 11.7. The van der Waals surface area contributed by atoms with Crippen LogP contribution < -0.4 is 5.32 Å². The number of hydrogen-bond donors (Lipinski definition) is 1. The molecule has 276 valence electrons. The third-order valence-corrected chi connectivity index (χ3v) is 8.05. The molecule has 1 N–H and O–H groups in total. The average Bonchev–Trinajstić information content (AvgIpc) is 3.44. The fourth-order valence-electron chi connectivity index (χ4n) is 5.54. The summed E-state index contributed by atoms with van der Waals surface area (Å²) in [6.07, 6.45) is 4.33. The maximum atomic E-state index is 13.1. The Bertz CT molecular complexity index is 1340. The summed E-state index contributed by atoms with van der Waals surface area (Å²) in [6.45, 7) is 8.91. The molecule has 0 heterocycles. The number of nitrogens with one attached hydrogen (secondary N) is 1. The van der Waals surface area contributed by atoms with E-state index in [-0.39, 0.29) is 18.3 Å². The minimum absolute atomic E-state index is 0.0444. The molecule has 13 heteroatoms. The van der Waals surface area contributed by atoms with Gasteiger partial charge in [-0.2, -0.15) is 0 Å². The molecule has 0 fully saturated rings. The lowest BCUT2D eigenvalue weighted by atomic mass is 9.94. The van der Waals surface area contributed by atoms with Gasteiger partial charge in [0.1, 0.15) is 6.61 Å². The highest BCUT2D eigenvalue weighted by Crippen LogP contribution is 2.46. The van der Waals surface area contributed by atoms with E-state index in [0.717, 1.165) is 54.5 Å². The molecule has 0 saturated carbocycles. The van der Waals surface area contributed by atoms with Gasteiger partial charge in [-0.15, -0.1) is 0 Å². The molecule has 0 aliphatic heterocycles. The number of Topliss-reactive ketones (excluding diaryl/α,β-unsaturated/α-hetero) is 1. The molecule has 2 aromatic rings. The SMILES string of the molecule is CCCOCCOCCOCCCCc1ccc2c(c1)C(COC(=O)NC)c1cc(C(=O)CCCOCCOCCOCCN=[N+]=[N-])ccc1-2. The van der Waals surface area contributed by atoms with E-state index in [4.69, 9.17) is 38.7 Å². The summed E-state index contributed by atoms with van der Waals surface area (Å²) in [4.78, 5) is 27.8. The Morgan fingerprint density at radius 3 is 1.96 bits per heavy atom. The van der Waals surface area contributed by atoms with Gasteiger partial charge in [-0.25, -0.2) is 4.79 Å². The Morgan fingerprint density at radius 2 is 1.32 bits per heavy atom. The van der Waals surface area contributed by atoms with E-state index in [0.29, 0.717) is 97.6 Å². The first kappa shape index (κ1) is 40.9. The molecule has 1 aliphatic rings. The molecule has 3 rings (SSSR count). The highest BCUT2D eigenvalue weighted by Gasteiger charge is 2.31. The number of ketones is 1. The number of alkyl carbamates (subject to hydrolysis) is 1. The zero-order valence-corrected chi connectivity index (χ0v) is 29.7. The summed E-state index contributed by atoms with van der Waals surface area (Å²) in [5, 5.41) is 5.92. The third kappa shape index (κ3) is 15.1. The fourth-order valence-corrected chi connectivity index (χ4v) is 5.54. The van der Waals surface area contributed by atoms with Crippen molar-refractivity contribution in [2.45, 2.75) is 51.4 Å². The Hall–Kier alpha value is -3.55. The van der Waals surface area contributed by atoms with Gasteiger partial charge in [-0.1, -0.05) is 42.4 Å². The van der Waals surface area contributed by atoms with Gasteiger partial charge in [0, 0.05) is 56.2 Å². The van der Waals surface area contributed by atoms with Gasteiger partial charge < -0.3 is 38.5 Å². The number of benzene rings is 2. The fraction of sp³-hybridized carbons (Fsp3) is 0.622. The van der Waals surface area contributed by atoms with Crippen LogP contribution in [0.5, 0.6) is 0 Å². The second-order valence-corrected chi connectivity index (χ2v) is 11.7. The van der Waals surface area contributed by atoms with Crippen molar-refractivity contribution >= 4 is 11.9 Å². The molecular formula is C37H54N4O9. The zero-order chi connectivity index (χ0) is 35.7. The van der Waals surface area contributed by atoms with E-state index in [2.05, 4.69) is 40.5 Å². The Balaban J connectivity index is 1.43. The van der Waals surface area contributed by atoms with Crippen molar-refractivity contribution in [3.05, 3.63) is 69.1 Å². The van der Waals surface area contributed by atoms with Crippen molar-refractivity contribution < 1.29 is 42.7 Å². The van der Waals surface area contributed by atoms with E-state index in [1.54, 1.807) is 7.05 Å². The average molecular weight is 699 g/mol. The minimum Gasteiger partial charge on any atom is -0.449 e. The van der Waals surface area contributed by atoms with Crippen molar-refractivity contribution in [1.82, 2.24) is 5.32 Å². The lowest BCUT2D eigenvalue weighted by Gasteiger charge is -2.15. The molecule has 1 unspecified atom stereocenters. The molecule has 1 aliphatic carbocycles. The van der Waals surface area contributed by atoms with Crippen molar-refractivity contribution in [3.63, 3.8) is 0 Å². The van der Waals surface area contributed by atoms with E-state index >= 15 is 0 Å². The highest BCUT2D eigenvalue weighted by atomic mass is 16.6. The van der Waals surface area contributed by atoms with Crippen molar-refractivity contribution in [2.75, 3.05) is 99.5 Å². The van der Waals surface area contributed by atoms with Gasteiger partial charge in [0.05, 0.1) is 59.5 Å². The van der Waals surface area contributed by atoms with Crippen LogP contribution in [-0.4, -0.2) is 111 Å². The first-order chi connectivity index (χ1) is 24.6. The van der Waals surface area contributed by atoms with Crippen LogP contribution in [0, 0.1) is 0 Å². The number of amides is 1. The number of unbranched alkanes of at least 4 members (excludes halogenated alkanes) is 1. The summed E-state index contributed by atoms with van der Waals surface area (Å²) >= 11 is 0. The molecule has 1 amide bonds. The largest absolute Gasteiger partial charge is 0.449 e. The van der Waals surface area contributed by atoms with Crippen LogP contribution in [0.1, 0.15) is 72.0 Å². The molecule has 1 atom stereocenters. The Morgan fingerprint density at radius 1 is 0.740 bits per heavy atom. The monoisotopic (exact) mass is 698 g/mol. The quantitative estimate of drug-likeness (QED) is 0.0340. The maximum absolute atomic E-state index is 13.1. The van der Waals surface area contributed by atoms with Crippen LogP contribution in [0.4, 0.5) is 4.79 Å². The number of hydrogen-bond acceptors (Lipinski definition) is 10. The summed E-state index contributed by atoms with van der Waals surface area (Å²) in [7, 11) is 1.54. The third-order valence-electron chi connectivity index (χ3n) is 8.05. The van der Waals surface area contributed by atoms with E-state index in [1.807, 2.05) is 18.2 Å². The highest BCUT2D eigenvalue weighted by molar-refractivity contribution is 5.97. The molecule has 13 nitrogen and oxygen atoms in total. The summed E-state index contributed by atoms with van der Waals surface area (Å²) in [6, 6.07) is 12.4. The van der Waals surface area contributed by atoms with Gasteiger partial charge in [-0.05, 0) is 71.5 Å². The molecule has 0 spiro atoms. The topological polar surface area (TPSA) is 160 Å². The van der Waals surface area contributed by atoms with Crippen LogP contribution in [0.3, 0.4) is 0 Å². The maximum Gasteiger partial charge on any atom is 0.406 e. The van der Waals surface area contributed by atoms with Gasteiger partial charge in [0.15, 0.2) is 5.78 Å². The molecule has 50 heavy (non-hydrogen) atoms. The molecule has 0 bridgehead atoms. The Kier molecular flexibility index (Phi) is 20.8. The summed E-state index contributed by atoms with van der Waals surface area (Å²) in [5.74, 6) is -0.122. The number of azide groups is 1. The number of carbonyl (C=O) groups is 2. The van der Waals surface area contributed by atoms with Crippen LogP contribution >= 0.6 is 0 Å². The van der Waals surface area contributed by atoms with Gasteiger partial charge in [0.2, 0.25) is 0 Å². The minimum atomic E-state index is -0.487. The van der Waals surface area contributed by atoms with Gasteiger partial charge in [0.25, 0.3) is 0 Å². The van der Waals surface area contributed by atoms with Gasteiger partial charge >= 0.3 is 6.09 Å². The first-order valence-electron chi connectivity index (χ1n) is 17.7. The lowest BCUT2D eigenvalue weighted by Crippen LogP contribution is -2.22. The molecular weight excluding hydrogens is 644 g/mol. The van der Waals surface area contributed by atoms with Crippen LogP contribution in [0.25, 0.3) is 21.6 Å². The van der Waals surface area contributed by atoms with E-state index in [9.17, 15) is 9.59 Å². The van der Waals surface area contributed by atoms with E-state index in [1.165, 1.54) is 5.56 Å². The first-order valence-corrected chi connectivity index (χ1v) is 17.7. The van der Waals surface area contributed by atoms with Crippen molar-refractivity contribution in [2.24, 2.45) is 5.11 Å². The predicted molar refractivity (Wildman–Crippen MR) is 190 cm³/mol. The van der Waals surface area contributed by atoms with Crippen LogP contribution in [0.15, 0.2) is 41.5 Å². The molecule has 2 aromatic carbocycles. The van der Waals surface area contributed by atoms with E-state index < -0.39 is 6.09 Å². The second kappa shape index (κ2) is 25.4. The number of rotatable bonds is 29. The zero-order valence-electron chi connectivity index (χ0n) is 29.7. The lowest BCUT2D eigenvalue weighted by molar-refractivity contribution is 0.0141. The summed E-state index contributed by atoms with van der Waals surface area (Å²) < 4.78 is 38.5. The van der Waals surface area contributed by atoms with Crippen molar-refractivity contribution in [1.29, 1.82) is 0 Å². The number of ether oxygens (including phenoxy) is 7. The van der Waals surface area contributed by atoms with Crippen molar-refractivity contribution in [3.8, 4) is 11.1 Å². The van der Waals surface area contributed by atoms with Crippen LogP contribution in [-0.2, 0) is 39.6 Å². The number of nitrogens with zero attached hydrogens (tertiary/aromatic N) is 3. The summed E-state index contributed by atoms with van der Waals surface area (Å²) in [5.41, 5.74) is 14.4. The predicted octanol–water partition coefficient (Wildman–Crippen LogP) is 6.26. The smallest absolute Gasteiger partial charge is 0.406 e. The molecule has 0 radical (unpaired) electrons. The van der Waals surface area contributed by atoms with Gasteiger partial charge in [-0.3, -0.25) is 4.79 Å². The molecule has 0 saturated heterocycles. The van der Waals surface area contributed by atoms with Crippen LogP contribution in [0.2, 0.25) is 0 Å². The Labute approximate surface area is 295 Å². The number of fused-ring (bicyclic) bond motifs is 3. The standard InChI is InChI=1S/C37H54N4O9/c1-3-14-44-18-22-48-23-19-45-15-5-4-7-29-9-11-31-32-12-10-30(27-34(32)35(33(31)26-29)28-50-37(43)39-2)36(42)8-6-16-46-20-24-49-25-21-47-17-13-40-41-38/h9-12,26-27,35H,3-8,13-25,28H2,1-2H3,(H,39,43). The number of aryl methyl sites for hydroxylation is 1. The number of carbonyl (C=O) groups excluding carboxylic acids is 2. The molecule has 0 aromatic heterocycles.